The summed E-state index contributed by atoms with van der Waals surface area (Å²) in [6, 6.07) is 0. The van der Waals surface area contributed by atoms with Crippen LogP contribution in [-0.4, -0.2) is 46.1 Å². The molecular weight excluding hydrogens is 278 g/mol. The van der Waals surface area contributed by atoms with Gasteiger partial charge in [-0.1, -0.05) is 0 Å². The Morgan fingerprint density at radius 2 is 1.90 bits per heavy atom. The minimum atomic E-state index is -0.661. The van der Waals surface area contributed by atoms with E-state index in [1.165, 1.54) is 32.2 Å². The van der Waals surface area contributed by atoms with Crippen LogP contribution in [0.25, 0.3) is 0 Å². The normalized spacial score (nSPS) is 10.3. The first-order chi connectivity index (χ1) is 9.79. The van der Waals surface area contributed by atoms with Gasteiger partial charge < -0.3 is 14.2 Å². The number of ether oxygens (including phenoxy) is 1. The van der Waals surface area contributed by atoms with Crippen LogP contribution in [0.5, 0.6) is 0 Å². The first kappa shape index (κ1) is 16.7. The topological polar surface area (TPSA) is 90.6 Å². The van der Waals surface area contributed by atoms with Crippen LogP contribution in [-0.2, 0) is 23.6 Å². The lowest BCUT2D eigenvalue weighted by molar-refractivity contribution is -0.143. The molecule has 0 fully saturated rings. The molecule has 1 rings (SSSR count). The van der Waals surface area contributed by atoms with Crippen LogP contribution in [0.4, 0.5) is 0 Å². The van der Waals surface area contributed by atoms with Crippen molar-refractivity contribution in [3.05, 3.63) is 32.6 Å². The number of hydrogen-bond donors (Lipinski definition) is 0. The predicted molar refractivity (Wildman–Crippen MR) is 75.1 cm³/mol. The van der Waals surface area contributed by atoms with Crippen molar-refractivity contribution in [1.82, 2.24) is 14.0 Å². The van der Waals surface area contributed by atoms with E-state index in [4.69, 9.17) is 4.74 Å². The fourth-order valence-corrected chi connectivity index (χ4v) is 1.75. The van der Waals surface area contributed by atoms with Crippen molar-refractivity contribution in [2.24, 2.45) is 14.1 Å². The molecule has 0 radical (unpaired) electrons. The Balaban J connectivity index is 2.92. The Morgan fingerprint density at radius 1 is 1.29 bits per heavy atom. The minimum absolute atomic E-state index is 0.0438. The van der Waals surface area contributed by atoms with E-state index in [1.54, 1.807) is 6.92 Å². The van der Waals surface area contributed by atoms with Gasteiger partial charge in [-0.3, -0.25) is 19.0 Å². The van der Waals surface area contributed by atoms with Crippen LogP contribution in [0.2, 0.25) is 0 Å². The van der Waals surface area contributed by atoms with Crippen molar-refractivity contribution in [3.8, 4) is 0 Å². The molecule has 0 aromatic carbocycles. The summed E-state index contributed by atoms with van der Waals surface area (Å²) in [5, 5.41) is 0. The van der Waals surface area contributed by atoms with Crippen LogP contribution in [0.1, 0.15) is 23.7 Å². The van der Waals surface area contributed by atoms with Crippen LogP contribution < -0.4 is 11.2 Å². The molecule has 1 aromatic heterocycles. The Hall–Kier alpha value is -2.38. The van der Waals surface area contributed by atoms with Crippen LogP contribution in [0.3, 0.4) is 0 Å². The number of amides is 1. The van der Waals surface area contributed by atoms with Gasteiger partial charge >= 0.3 is 11.7 Å². The van der Waals surface area contributed by atoms with Gasteiger partial charge in [-0.15, -0.1) is 0 Å². The van der Waals surface area contributed by atoms with Crippen molar-refractivity contribution in [2.45, 2.75) is 13.3 Å². The average Bonchev–Trinajstić information content (AvgIpc) is 2.46. The Kier molecular flexibility index (Phi) is 5.45. The van der Waals surface area contributed by atoms with Crippen molar-refractivity contribution in [1.29, 1.82) is 0 Å². The van der Waals surface area contributed by atoms with Gasteiger partial charge in [0.1, 0.15) is 5.56 Å². The minimum Gasteiger partial charge on any atom is -0.466 e. The Morgan fingerprint density at radius 3 is 2.48 bits per heavy atom. The molecule has 0 aliphatic rings. The Bertz CT molecular complexity index is 659. The molecule has 1 amide bonds. The van der Waals surface area contributed by atoms with Gasteiger partial charge in [0.05, 0.1) is 13.0 Å². The number of nitrogens with zero attached hydrogens (tertiary/aromatic N) is 3. The van der Waals surface area contributed by atoms with Crippen molar-refractivity contribution in [3.63, 3.8) is 0 Å². The van der Waals surface area contributed by atoms with Crippen molar-refractivity contribution >= 4 is 11.9 Å². The fourth-order valence-electron chi connectivity index (χ4n) is 1.75. The first-order valence-corrected chi connectivity index (χ1v) is 6.47. The molecule has 0 N–H and O–H groups in total. The average molecular weight is 297 g/mol. The van der Waals surface area contributed by atoms with Gasteiger partial charge in [-0.05, 0) is 6.92 Å². The van der Waals surface area contributed by atoms with Crippen molar-refractivity contribution < 1.29 is 14.3 Å². The molecule has 0 bridgehead atoms. The molecule has 0 spiro atoms. The summed E-state index contributed by atoms with van der Waals surface area (Å²) in [6.45, 7) is 2.10. The van der Waals surface area contributed by atoms with Gasteiger partial charge in [0.25, 0.3) is 11.5 Å². The van der Waals surface area contributed by atoms with E-state index in [-0.39, 0.29) is 25.1 Å². The van der Waals surface area contributed by atoms with E-state index in [1.807, 2.05) is 0 Å². The lowest BCUT2D eigenvalue weighted by Crippen LogP contribution is -2.42. The lowest BCUT2D eigenvalue weighted by Gasteiger charge is -2.17. The highest BCUT2D eigenvalue weighted by Gasteiger charge is 2.19. The second-order valence-electron chi connectivity index (χ2n) is 4.58. The molecule has 0 atom stereocenters. The molecule has 0 unspecified atom stereocenters. The third kappa shape index (κ3) is 3.80. The van der Waals surface area contributed by atoms with E-state index in [0.29, 0.717) is 0 Å². The standard InChI is InChI=1S/C13H19N3O5/c1-5-21-10(17)6-7-14(2)11(18)9-8-15(3)13(20)16(4)12(9)19/h8H,5-7H2,1-4H3. The zero-order valence-corrected chi connectivity index (χ0v) is 12.6. The molecular formula is C13H19N3O5. The molecule has 0 aliphatic heterocycles. The third-order valence-corrected chi connectivity index (χ3v) is 2.98. The van der Waals surface area contributed by atoms with Gasteiger partial charge in [-0.2, -0.15) is 0 Å². The van der Waals surface area contributed by atoms with E-state index in [2.05, 4.69) is 0 Å². The number of hydrogen-bond acceptors (Lipinski definition) is 5. The monoisotopic (exact) mass is 297 g/mol. The summed E-state index contributed by atoms with van der Waals surface area (Å²) < 4.78 is 6.80. The number of carbonyl (C=O) groups excluding carboxylic acids is 2. The zero-order valence-electron chi connectivity index (χ0n) is 12.6. The molecule has 0 saturated heterocycles. The summed E-state index contributed by atoms with van der Waals surface area (Å²) in [7, 11) is 4.24. The van der Waals surface area contributed by atoms with E-state index < -0.39 is 23.1 Å². The molecule has 1 heterocycles. The van der Waals surface area contributed by atoms with Gasteiger partial charge in [-0.25, -0.2) is 4.79 Å². The maximum atomic E-state index is 12.2. The number of aryl methyl sites for hydroxylation is 1. The molecule has 8 heteroatoms. The molecule has 1 aromatic rings. The highest BCUT2D eigenvalue weighted by atomic mass is 16.5. The number of esters is 1. The third-order valence-electron chi connectivity index (χ3n) is 2.98. The predicted octanol–water partition coefficient (Wildman–Crippen LogP) is -0.891. The van der Waals surface area contributed by atoms with Crippen LogP contribution in [0.15, 0.2) is 15.8 Å². The fraction of sp³-hybridized carbons (Fsp3) is 0.538. The number of carbonyl (C=O) groups is 2. The van der Waals surface area contributed by atoms with Gasteiger partial charge in [0.15, 0.2) is 0 Å². The molecule has 8 nitrogen and oxygen atoms in total. The molecule has 0 aliphatic carbocycles. The van der Waals surface area contributed by atoms with Gasteiger partial charge in [0, 0.05) is 33.9 Å². The molecule has 0 saturated carbocycles. The van der Waals surface area contributed by atoms with Gasteiger partial charge in [0.2, 0.25) is 0 Å². The smallest absolute Gasteiger partial charge is 0.330 e. The number of aromatic nitrogens is 2. The second kappa shape index (κ2) is 6.87. The van der Waals surface area contributed by atoms with Crippen molar-refractivity contribution in [2.75, 3.05) is 20.2 Å². The number of rotatable bonds is 5. The van der Waals surface area contributed by atoms with E-state index in [9.17, 15) is 19.2 Å². The maximum Gasteiger partial charge on any atom is 0.330 e. The highest BCUT2D eigenvalue weighted by Crippen LogP contribution is 1.98. The van der Waals surface area contributed by atoms with Crippen LogP contribution >= 0.6 is 0 Å². The largest absolute Gasteiger partial charge is 0.466 e. The summed E-state index contributed by atoms with van der Waals surface area (Å²) in [6.07, 6.45) is 1.25. The summed E-state index contributed by atoms with van der Waals surface area (Å²) in [4.78, 5) is 48.2. The van der Waals surface area contributed by atoms with Crippen LogP contribution in [0, 0.1) is 0 Å². The summed E-state index contributed by atoms with van der Waals surface area (Å²) >= 11 is 0. The summed E-state index contributed by atoms with van der Waals surface area (Å²) in [5.74, 6) is -0.957. The molecule has 116 valence electrons. The quantitative estimate of drug-likeness (QED) is 0.658. The summed E-state index contributed by atoms with van der Waals surface area (Å²) in [5.41, 5.74) is -1.29. The SMILES string of the molecule is CCOC(=O)CCN(C)C(=O)c1cn(C)c(=O)n(C)c1=O. The first-order valence-electron chi connectivity index (χ1n) is 6.47. The maximum absolute atomic E-state index is 12.2. The van der Waals surface area contributed by atoms with E-state index in [0.717, 1.165) is 9.13 Å². The highest BCUT2D eigenvalue weighted by molar-refractivity contribution is 5.93. The zero-order chi connectivity index (χ0) is 16.2. The lowest BCUT2D eigenvalue weighted by atomic mass is 10.2. The van der Waals surface area contributed by atoms with E-state index >= 15 is 0 Å². The molecule has 21 heavy (non-hydrogen) atoms. The second-order valence-corrected chi connectivity index (χ2v) is 4.58. The Labute approximate surface area is 121 Å².